The van der Waals surface area contributed by atoms with Crippen LogP contribution in [-0.4, -0.2) is 9.97 Å². The van der Waals surface area contributed by atoms with Gasteiger partial charge in [0.2, 0.25) is 7.14 Å². The monoisotopic (exact) mass is 250 g/mol. The molecule has 0 aromatic carbocycles. The van der Waals surface area contributed by atoms with Crippen molar-refractivity contribution < 1.29 is 8.98 Å². The van der Waals surface area contributed by atoms with E-state index in [2.05, 4.69) is 23.8 Å². The van der Waals surface area contributed by atoms with Crippen molar-refractivity contribution in [2.45, 2.75) is 20.3 Å². The smallest absolute Gasteiger partial charge is 0.323 e. The van der Waals surface area contributed by atoms with Gasteiger partial charge in [-0.25, -0.2) is 4.79 Å². The largest absolute Gasteiger partial charge is 0.449 e. The molecule has 5 rings (SSSR count). The van der Waals surface area contributed by atoms with Crippen LogP contribution in [0.1, 0.15) is 19.5 Å². The summed E-state index contributed by atoms with van der Waals surface area (Å²) in [6.07, 6.45) is 0.767. The van der Waals surface area contributed by atoms with Crippen molar-refractivity contribution in [3.63, 3.8) is 0 Å². The topological polar surface area (TPSA) is 78.9 Å². The van der Waals surface area contributed by atoms with Gasteiger partial charge in [-0.3, -0.25) is 0 Å². The van der Waals surface area contributed by atoms with Gasteiger partial charge in [-0.15, -0.1) is 0 Å². The fourth-order valence-corrected chi connectivity index (χ4v) is 4.93. The highest BCUT2D eigenvalue weighted by Gasteiger charge is 2.74. The molecule has 1 atom stereocenters. The summed E-state index contributed by atoms with van der Waals surface area (Å²) in [6.45, 7) is 4.17. The molecule has 88 valence electrons. The Morgan fingerprint density at radius 3 is 2.53 bits per heavy atom. The quantitative estimate of drug-likeness (QED) is 0.517. The summed E-state index contributed by atoms with van der Waals surface area (Å²) < 4.78 is 17.4. The fourth-order valence-electron chi connectivity index (χ4n) is 2.44. The molecule has 0 amide bonds. The van der Waals surface area contributed by atoms with Gasteiger partial charge in [0.05, 0.1) is 10.6 Å². The number of aromatic nitrogens is 2. The van der Waals surface area contributed by atoms with E-state index in [1.165, 1.54) is 0 Å². The average molecular weight is 250 g/mol. The highest BCUT2D eigenvalue weighted by molar-refractivity contribution is 8.06. The second-order valence-corrected chi connectivity index (χ2v) is 7.59. The maximum absolute atomic E-state index is 11.9. The minimum Gasteiger partial charge on any atom is -0.449 e. The molecule has 3 aliphatic heterocycles. The van der Waals surface area contributed by atoms with E-state index in [-0.39, 0.29) is 5.69 Å². The lowest BCUT2D eigenvalue weighted by atomic mass is 10.1. The number of rotatable bonds is 3. The molecule has 2 N–H and O–H groups in total. The summed E-state index contributed by atoms with van der Waals surface area (Å²) in [4.78, 5) is 16.9. The molecule has 3 aliphatic rings. The van der Waals surface area contributed by atoms with Gasteiger partial charge in [0.1, 0.15) is 5.69 Å². The number of nitrogens with one attached hydrogen (secondary N) is 2. The minimum atomic E-state index is -2.20. The zero-order valence-electron chi connectivity index (χ0n) is 9.46. The molecule has 5 nitrogen and oxygen atoms in total. The van der Waals surface area contributed by atoms with Crippen molar-refractivity contribution in [1.82, 2.24) is 9.97 Å². The fraction of sp³-hybridized carbons (Fsp3) is 0.364. The molecular formula is C11H11N2O3P. The molecule has 17 heavy (non-hydrogen) atoms. The van der Waals surface area contributed by atoms with Crippen LogP contribution in [0.4, 0.5) is 0 Å². The highest BCUT2D eigenvalue weighted by Crippen LogP contribution is 2.70. The maximum atomic E-state index is 11.9. The van der Waals surface area contributed by atoms with Gasteiger partial charge in [0, 0.05) is 5.69 Å². The lowest BCUT2D eigenvalue weighted by Crippen LogP contribution is -2.02. The number of fused-ring (bicyclic) bond motifs is 1. The zero-order valence-corrected chi connectivity index (χ0v) is 10.4. The number of furan rings is 1. The molecule has 6 heteroatoms. The van der Waals surface area contributed by atoms with E-state index >= 15 is 0 Å². The normalized spacial score (nSPS) is 23.0. The van der Waals surface area contributed by atoms with E-state index in [1.54, 1.807) is 0 Å². The summed E-state index contributed by atoms with van der Waals surface area (Å²) in [5, 5.41) is 1.78. The highest BCUT2D eigenvalue weighted by atomic mass is 31.2. The first-order valence-electron chi connectivity index (χ1n) is 5.63. The predicted octanol–water partition coefficient (Wildman–Crippen LogP) is 0.428. The third kappa shape index (κ3) is 0.967. The van der Waals surface area contributed by atoms with Gasteiger partial charge in [-0.1, -0.05) is 13.8 Å². The van der Waals surface area contributed by atoms with Crippen LogP contribution in [0.5, 0.6) is 0 Å². The Labute approximate surface area is 96.6 Å². The Bertz CT molecular complexity index is 753. The Kier molecular flexibility index (Phi) is 1.41. The lowest BCUT2D eigenvalue weighted by molar-refractivity contribution is 0.589. The Morgan fingerprint density at radius 1 is 1.29 bits per heavy atom. The molecule has 0 aliphatic carbocycles. The summed E-state index contributed by atoms with van der Waals surface area (Å²) in [7, 11) is -2.20. The van der Waals surface area contributed by atoms with Crippen LogP contribution in [0, 0.1) is 5.92 Å². The van der Waals surface area contributed by atoms with Gasteiger partial charge in [0.25, 0.3) is 0 Å². The van der Waals surface area contributed by atoms with Crippen LogP contribution in [0.15, 0.2) is 9.21 Å². The second-order valence-electron chi connectivity index (χ2n) is 5.07. The van der Waals surface area contributed by atoms with Gasteiger partial charge in [-0.05, 0) is 12.3 Å². The lowest BCUT2D eigenvalue weighted by Gasteiger charge is -2.03. The van der Waals surface area contributed by atoms with Crippen LogP contribution in [0.3, 0.4) is 0 Å². The van der Waals surface area contributed by atoms with Gasteiger partial charge >= 0.3 is 5.69 Å². The number of aromatic amines is 2. The van der Waals surface area contributed by atoms with Crippen molar-refractivity contribution in [2.75, 3.05) is 0 Å². The molecule has 2 aromatic heterocycles. The third-order valence-electron chi connectivity index (χ3n) is 3.30. The predicted molar refractivity (Wildman–Crippen MR) is 64.2 cm³/mol. The standard InChI is InChI=1S/C11H11N2O3P/c1-4(2)3-5-6(13-11(14)12-5)7-8-9-10(16-7)17(8,9)15/h4H,3H2,1-2H3,(H2,12,13,14). The van der Waals surface area contributed by atoms with E-state index < -0.39 is 7.14 Å². The van der Waals surface area contributed by atoms with Gasteiger partial charge in [-0.2, -0.15) is 0 Å². The first-order valence-corrected chi connectivity index (χ1v) is 7.34. The minimum absolute atomic E-state index is 0.236. The number of imidazole rings is 1. The first kappa shape index (κ1) is 9.54. The van der Waals surface area contributed by atoms with Crippen molar-refractivity contribution in [3.8, 4) is 11.5 Å². The Hall–Kier alpha value is -1.48. The van der Waals surface area contributed by atoms with Crippen LogP contribution >= 0.6 is 7.14 Å². The molecule has 0 radical (unpaired) electrons. The van der Waals surface area contributed by atoms with Crippen LogP contribution < -0.4 is 21.8 Å². The van der Waals surface area contributed by atoms with E-state index in [1.807, 2.05) is 0 Å². The van der Waals surface area contributed by atoms with Crippen molar-refractivity contribution in [1.29, 1.82) is 0 Å². The summed E-state index contributed by atoms with van der Waals surface area (Å²) in [6, 6.07) is 0. The molecule has 0 spiro atoms. The van der Waals surface area contributed by atoms with Crippen LogP contribution in [0.2, 0.25) is 0 Å². The molecule has 0 saturated heterocycles. The first-order chi connectivity index (χ1) is 8.03. The van der Waals surface area contributed by atoms with Crippen molar-refractivity contribution in [2.24, 2.45) is 5.92 Å². The van der Waals surface area contributed by atoms with Crippen LogP contribution in [0.25, 0.3) is 11.5 Å². The molecule has 5 heterocycles. The second kappa shape index (κ2) is 2.51. The number of H-pyrrole nitrogens is 2. The van der Waals surface area contributed by atoms with E-state index in [0.29, 0.717) is 22.9 Å². The molecule has 1 unspecified atom stereocenters. The molecule has 0 fully saturated rings. The Morgan fingerprint density at radius 2 is 2.00 bits per heavy atom. The molecular weight excluding hydrogens is 239 g/mol. The Balaban J connectivity index is 1.85. The number of hydrogen-bond donors (Lipinski definition) is 2. The van der Waals surface area contributed by atoms with Gasteiger partial charge < -0.3 is 19.0 Å². The van der Waals surface area contributed by atoms with E-state index in [0.717, 1.165) is 22.7 Å². The summed E-state index contributed by atoms with van der Waals surface area (Å²) >= 11 is 0. The maximum Gasteiger partial charge on any atom is 0.323 e. The van der Waals surface area contributed by atoms with Crippen molar-refractivity contribution in [3.05, 3.63) is 16.2 Å². The van der Waals surface area contributed by atoms with Crippen LogP contribution in [-0.2, 0) is 11.0 Å². The van der Waals surface area contributed by atoms with E-state index in [4.69, 9.17) is 4.42 Å². The summed E-state index contributed by atoms with van der Waals surface area (Å²) in [5.74, 6) is 1.05. The SMILES string of the molecule is CC(C)Cc1[nH]c(=O)[nH]c1-c1oc2c3c1P23=O. The van der Waals surface area contributed by atoms with Crippen molar-refractivity contribution >= 4 is 23.3 Å². The average Bonchev–Trinajstić information content (AvgIpc) is 2.81. The zero-order chi connectivity index (χ0) is 11.9. The summed E-state index contributed by atoms with van der Waals surface area (Å²) in [5.41, 5.74) is 1.95. The molecule has 2 aromatic rings. The molecule has 0 saturated carbocycles. The molecule has 2 bridgehead atoms. The number of hydrogen-bond acceptors (Lipinski definition) is 3. The van der Waals surface area contributed by atoms with Gasteiger partial charge in [0.15, 0.2) is 11.3 Å². The third-order valence-corrected chi connectivity index (χ3v) is 5.85. The van der Waals surface area contributed by atoms with E-state index in [9.17, 15) is 9.36 Å².